The molecule has 0 saturated heterocycles. The van der Waals surface area contributed by atoms with E-state index in [4.69, 9.17) is 5.73 Å². The van der Waals surface area contributed by atoms with Gasteiger partial charge in [-0.1, -0.05) is 19.8 Å². The van der Waals surface area contributed by atoms with Crippen molar-refractivity contribution in [1.82, 2.24) is 5.32 Å². The molecule has 0 aliphatic heterocycles. The van der Waals surface area contributed by atoms with E-state index in [1.165, 1.54) is 6.07 Å². The number of hydrogen-bond acceptors (Lipinski definition) is 3. The van der Waals surface area contributed by atoms with Crippen LogP contribution in [-0.2, 0) is 0 Å². The molecule has 1 unspecified atom stereocenters. The van der Waals surface area contributed by atoms with Gasteiger partial charge in [-0.25, -0.2) is 0 Å². The molecule has 18 heavy (non-hydrogen) atoms. The number of aromatic hydroxyl groups is 1. The highest BCUT2D eigenvalue weighted by Gasteiger charge is 2.15. The molecule has 0 saturated carbocycles. The van der Waals surface area contributed by atoms with Crippen molar-refractivity contribution >= 4 is 28.5 Å². The van der Waals surface area contributed by atoms with Crippen LogP contribution in [0.15, 0.2) is 18.2 Å². The van der Waals surface area contributed by atoms with Gasteiger partial charge < -0.3 is 16.2 Å². The molecule has 1 atom stereocenters. The minimum atomic E-state index is -0.266. The van der Waals surface area contributed by atoms with Gasteiger partial charge in [0.25, 0.3) is 5.91 Å². The molecule has 0 heterocycles. The smallest absolute Gasteiger partial charge is 0.255 e. The Morgan fingerprint density at radius 1 is 1.56 bits per heavy atom. The third kappa shape index (κ3) is 4.45. The number of halogens is 1. The minimum absolute atomic E-state index is 0.000760. The van der Waals surface area contributed by atoms with E-state index < -0.39 is 0 Å². The van der Waals surface area contributed by atoms with E-state index in [0.717, 1.165) is 22.8 Å². The van der Waals surface area contributed by atoms with Gasteiger partial charge in [0.05, 0.1) is 5.56 Å². The molecule has 0 aromatic heterocycles. The van der Waals surface area contributed by atoms with Crippen LogP contribution < -0.4 is 11.1 Å². The Hall–Kier alpha value is -0.820. The fourth-order valence-corrected chi connectivity index (χ4v) is 2.14. The molecule has 1 aromatic carbocycles. The number of carbonyl (C=O) groups excluding carboxylic acids is 1. The monoisotopic (exact) mass is 362 g/mol. The Balaban J connectivity index is 2.71. The van der Waals surface area contributed by atoms with Crippen LogP contribution in [0.3, 0.4) is 0 Å². The Morgan fingerprint density at radius 3 is 2.89 bits per heavy atom. The Bertz CT molecular complexity index is 410. The van der Waals surface area contributed by atoms with Gasteiger partial charge in [-0.2, -0.15) is 0 Å². The topological polar surface area (TPSA) is 75.3 Å². The maximum Gasteiger partial charge on any atom is 0.255 e. The van der Waals surface area contributed by atoms with E-state index >= 15 is 0 Å². The fourth-order valence-electron chi connectivity index (χ4n) is 1.65. The van der Waals surface area contributed by atoms with Crippen LogP contribution in [0.2, 0.25) is 0 Å². The van der Waals surface area contributed by atoms with Crippen molar-refractivity contribution < 1.29 is 9.90 Å². The Labute approximate surface area is 121 Å². The first kappa shape index (κ1) is 15.2. The van der Waals surface area contributed by atoms with Crippen LogP contribution in [0, 0.1) is 3.57 Å². The summed E-state index contributed by atoms with van der Waals surface area (Å²) in [5.41, 5.74) is 5.93. The predicted octanol–water partition coefficient (Wildman–Crippen LogP) is 2.24. The summed E-state index contributed by atoms with van der Waals surface area (Å²) >= 11 is 2.11. The summed E-state index contributed by atoms with van der Waals surface area (Å²) < 4.78 is 0.911. The van der Waals surface area contributed by atoms with Gasteiger partial charge in [0, 0.05) is 16.2 Å². The highest BCUT2D eigenvalue weighted by molar-refractivity contribution is 14.1. The SMILES string of the molecule is CCCCC(CN)NC(=O)c1cc(I)ccc1O. The van der Waals surface area contributed by atoms with Crippen molar-refractivity contribution in [3.8, 4) is 5.75 Å². The molecule has 0 spiro atoms. The number of nitrogens with two attached hydrogens (primary N) is 1. The van der Waals surface area contributed by atoms with E-state index in [-0.39, 0.29) is 17.7 Å². The highest BCUT2D eigenvalue weighted by atomic mass is 127. The number of phenolic OH excluding ortho intramolecular Hbond substituents is 1. The van der Waals surface area contributed by atoms with Crippen LogP contribution in [0.25, 0.3) is 0 Å². The second-order valence-corrected chi connectivity index (χ2v) is 5.46. The zero-order valence-electron chi connectivity index (χ0n) is 10.4. The van der Waals surface area contributed by atoms with E-state index in [0.29, 0.717) is 12.1 Å². The van der Waals surface area contributed by atoms with Crippen molar-refractivity contribution in [1.29, 1.82) is 0 Å². The van der Waals surface area contributed by atoms with Crippen molar-refractivity contribution in [2.24, 2.45) is 5.73 Å². The lowest BCUT2D eigenvalue weighted by molar-refractivity contribution is 0.0933. The number of benzene rings is 1. The number of rotatable bonds is 6. The van der Waals surface area contributed by atoms with Gasteiger partial charge >= 0.3 is 0 Å². The van der Waals surface area contributed by atoms with Crippen molar-refractivity contribution in [3.63, 3.8) is 0 Å². The standard InChI is InChI=1S/C13H19IN2O2/c1-2-3-4-10(8-15)16-13(18)11-7-9(14)5-6-12(11)17/h5-7,10,17H,2-4,8,15H2,1H3,(H,16,18). The summed E-state index contributed by atoms with van der Waals surface area (Å²) in [7, 11) is 0. The number of unbranched alkanes of at least 4 members (excludes halogenated alkanes) is 1. The number of nitrogens with one attached hydrogen (secondary N) is 1. The van der Waals surface area contributed by atoms with Gasteiger partial charge in [-0.15, -0.1) is 0 Å². The number of amides is 1. The first-order valence-corrected chi connectivity index (χ1v) is 7.15. The summed E-state index contributed by atoms with van der Waals surface area (Å²) in [6.45, 7) is 2.51. The third-order valence-electron chi connectivity index (χ3n) is 2.73. The van der Waals surface area contributed by atoms with Crippen molar-refractivity contribution in [2.75, 3.05) is 6.54 Å². The lowest BCUT2D eigenvalue weighted by Crippen LogP contribution is -2.40. The first-order valence-electron chi connectivity index (χ1n) is 6.08. The molecule has 4 N–H and O–H groups in total. The normalized spacial score (nSPS) is 12.2. The highest BCUT2D eigenvalue weighted by Crippen LogP contribution is 2.19. The van der Waals surface area contributed by atoms with E-state index in [1.807, 2.05) is 0 Å². The summed E-state index contributed by atoms with van der Waals surface area (Å²) in [6.07, 6.45) is 2.96. The molecule has 1 amide bonds. The van der Waals surface area contributed by atoms with Crippen LogP contribution in [-0.4, -0.2) is 23.6 Å². The molecular formula is C13H19IN2O2. The summed E-state index contributed by atoms with van der Waals surface area (Å²) in [4.78, 5) is 12.0. The lowest BCUT2D eigenvalue weighted by atomic mass is 10.1. The summed E-state index contributed by atoms with van der Waals surface area (Å²) in [5.74, 6) is -0.267. The van der Waals surface area contributed by atoms with Gasteiger partial charge in [0.1, 0.15) is 5.75 Å². The molecule has 0 radical (unpaired) electrons. The largest absolute Gasteiger partial charge is 0.507 e. The molecule has 5 heteroatoms. The molecule has 1 aromatic rings. The number of hydrogen-bond donors (Lipinski definition) is 3. The fraction of sp³-hybridized carbons (Fsp3) is 0.462. The lowest BCUT2D eigenvalue weighted by Gasteiger charge is -2.17. The second-order valence-electron chi connectivity index (χ2n) is 4.21. The zero-order valence-corrected chi connectivity index (χ0v) is 12.6. The summed E-state index contributed by atoms with van der Waals surface area (Å²) in [6, 6.07) is 4.91. The molecule has 0 aliphatic rings. The van der Waals surface area contributed by atoms with Crippen LogP contribution in [0.5, 0.6) is 5.75 Å². The van der Waals surface area contributed by atoms with Crippen molar-refractivity contribution in [3.05, 3.63) is 27.3 Å². The average molecular weight is 362 g/mol. The second kappa shape index (κ2) is 7.58. The molecule has 0 fully saturated rings. The number of carbonyl (C=O) groups is 1. The van der Waals surface area contributed by atoms with Gasteiger partial charge in [-0.3, -0.25) is 4.79 Å². The Morgan fingerprint density at radius 2 is 2.28 bits per heavy atom. The molecule has 4 nitrogen and oxygen atoms in total. The van der Waals surface area contributed by atoms with Gasteiger partial charge in [0.2, 0.25) is 0 Å². The molecule has 100 valence electrons. The van der Waals surface area contributed by atoms with Crippen molar-refractivity contribution in [2.45, 2.75) is 32.2 Å². The maximum absolute atomic E-state index is 12.0. The first-order chi connectivity index (χ1) is 8.58. The maximum atomic E-state index is 12.0. The van der Waals surface area contributed by atoms with Crippen LogP contribution in [0.4, 0.5) is 0 Å². The zero-order chi connectivity index (χ0) is 13.5. The van der Waals surface area contributed by atoms with E-state index in [1.54, 1.807) is 12.1 Å². The molecular weight excluding hydrogens is 343 g/mol. The van der Waals surface area contributed by atoms with E-state index in [2.05, 4.69) is 34.8 Å². The molecule has 0 aliphatic carbocycles. The predicted molar refractivity (Wildman–Crippen MR) is 80.7 cm³/mol. The average Bonchev–Trinajstić information content (AvgIpc) is 2.37. The number of phenols is 1. The van der Waals surface area contributed by atoms with Gasteiger partial charge in [-0.05, 0) is 47.2 Å². The quantitative estimate of drug-likeness (QED) is 0.680. The van der Waals surface area contributed by atoms with Gasteiger partial charge in [0.15, 0.2) is 0 Å². The van der Waals surface area contributed by atoms with Crippen LogP contribution >= 0.6 is 22.6 Å². The third-order valence-corrected chi connectivity index (χ3v) is 3.40. The van der Waals surface area contributed by atoms with E-state index in [9.17, 15) is 9.90 Å². The Kier molecular flexibility index (Phi) is 6.42. The van der Waals surface area contributed by atoms with Crippen LogP contribution in [0.1, 0.15) is 36.5 Å². The molecule has 0 bridgehead atoms. The minimum Gasteiger partial charge on any atom is -0.507 e. The summed E-state index contributed by atoms with van der Waals surface area (Å²) in [5, 5.41) is 12.5. The molecule has 1 rings (SSSR count).